The van der Waals surface area contributed by atoms with E-state index in [1.165, 1.54) is 29.6 Å². The maximum absolute atomic E-state index is 12.2. The second-order valence-electron chi connectivity index (χ2n) is 4.15. The first-order valence-corrected chi connectivity index (χ1v) is 7.26. The zero-order valence-electron chi connectivity index (χ0n) is 10.3. The number of nitrogen functional groups attached to an aromatic ring is 1. The number of aliphatic hydroxyl groups is 1. The van der Waals surface area contributed by atoms with Gasteiger partial charge in [0.2, 0.25) is 10.0 Å². The molecule has 18 heavy (non-hydrogen) atoms. The lowest BCUT2D eigenvalue weighted by atomic mass is 10.3. The minimum Gasteiger partial charge on any atom is -0.397 e. The first kappa shape index (κ1) is 15.2. The van der Waals surface area contributed by atoms with Crippen LogP contribution < -0.4 is 5.73 Å². The molecule has 0 spiro atoms. The smallest absolute Gasteiger partial charge is 0.242 e. The van der Waals surface area contributed by atoms with Gasteiger partial charge in [-0.2, -0.15) is 0 Å². The van der Waals surface area contributed by atoms with Crippen molar-refractivity contribution in [1.82, 2.24) is 4.31 Å². The van der Waals surface area contributed by atoms with Crippen molar-refractivity contribution in [3.8, 4) is 0 Å². The molecular weight excluding hydrogens is 276 g/mol. The highest BCUT2D eigenvalue weighted by Crippen LogP contribution is 2.24. The molecule has 1 atom stereocenters. The zero-order chi connectivity index (χ0) is 13.9. The van der Waals surface area contributed by atoms with Gasteiger partial charge in [-0.1, -0.05) is 11.6 Å². The summed E-state index contributed by atoms with van der Waals surface area (Å²) in [6, 6.07) is 4.19. The van der Waals surface area contributed by atoms with Crippen molar-refractivity contribution in [3.05, 3.63) is 23.2 Å². The highest BCUT2D eigenvalue weighted by molar-refractivity contribution is 7.89. The van der Waals surface area contributed by atoms with Crippen molar-refractivity contribution in [2.45, 2.75) is 24.3 Å². The largest absolute Gasteiger partial charge is 0.397 e. The SMILES string of the molecule is CC(O)CCN(C)S(=O)(=O)c1ccc(Cl)c(N)c1. The summed E-state index contributed by atoms with van der Waals surface area (Å²) in [4.78, 5) is 0.0949. The van der Waals surface area contributed by atoms with Crippen LogP contribution in [0, 0.1) is 0 Å². The van der Waals surface area contributed by atoms with Crippen molar-refractivity contribution < 1.29 is 13.5 Å². The highest BCUT2D eigenvalue weighted by Gasteiger charge is 2.21. The molecular formula is C11H17ClN2O3S. The minimum atomic E-state index is -3.59. The molecule has 1 aromatic carbocycles. The Morgan fingerprint density at radius 3 is 2.61 bits per heavy atom. The predicted molar refractivity (Wildman–Crippen MR) is 72.0 cm³/mol. The van der Waals surface area contributed by atoms with Crippen molar-refractivity contribution >= 4 is 27.3 Å². The van der Waals surface area contributed by atoms with E-state index < -0.39 is 16.1 Å². The zero-order valence-corrected chi connectivity index (χ0v) is 11.9. The number of benzene rings is 1. The van der Waals surface area contributed by atoms with Gasteiger partial charge in [-0.25, -0.2) is 12.7 Å². The maximum atomic E-state index is 12.2. The van der Waals surface area contributed by atoms with E-state index in [2.05, 4.69) is 0 Å². The van der Waals surface area contributed by atoms with E-state index in [1.807, 2.05) is 0 Å². The fourth-order valence-corrected chi connectivity index (χ4v) is 2.69. The van der Waals surface area contributed by atoms with Crippen molar-refractivity contribution in [2.75, 3.05) is 19.3 Å². The van der Waals surface area contributed by atoms with Crippen molar-refractivity contribution in [3.63, 3.8) is 0 Å². The number of halogens is 1. The average Bonchev–Trinajstić information content (AvgIpc) is 2.29. The van der Waals surface area contributed by atoms with Gasteiger partial charge >= 0.3 is 0 Å². The lowest BCUT2D eigenvalue weighted by Gasteiger charge is -2.18. The van der Waals surface area contributed by atoms with Gasteiger partial charge < -0.3 is 10.8 Å². The molecule has 0 saturated carbocycles. The van der Waals surface area contributed by atoms with Gasteiger partial charge in [0.1, 0.15) is 0 Å². The standard InChI is InChI=1S/C11H17ClN2O3S/c1-8(15)5-6-14(2)18(16,17)9-3-4-10(12)11(13)7-9/h3-4,7-8,15H,5-6,13H2,1-2H3. The highest BCUT2D eigenvalue weighted by atomic mass is 35.5. The Hall–Kier alpha value is -0.820. The van der Waals surface area contributed by atoms with E-state index in [9.17, 15) is 8.42 Å². The quantitative estimate of drug-likeness (QED) is 0.802. The molecule has 0 aliphatic rings. The van der Waals surface area contributed by atoms with Crippen LogP contribution >= 0.6 is 11.6 Å². The van der Waals surface area contributed by atoms with E-state index in [1.54, 1.807) is 6.92 Å². The molecule has 0 saturated heterocycles. The molecule has 7 heteroatoms. The van der Waals surface area contributed by atoms with Crippen LogP contribution in [-0.2, 0) is 10.0 Å². The Morgan fingerprint density at radius 1 is 1.50 bits per heavy atom. The number of aliphatic hydroxyl groups excluding tert-OH is 1. The van der Waals surface area contributed by atoms with Gasteiger partial charge in [0.25, 0.3) is 0 Å². The molecule has 5 nitrogen and oxygen atoms in total. The van der Waals surface area contributed by atoms with E-state index in [0.29, 0.717) is 11.4 Å². The summed E-state index contributed by atoms with van der Waals surface area (Å²) in [5, 5.41) is 9.48. The number of anilines is 1. The Balaban J connectivity index is 2.95. The molecule has 0 bridgehead atoms. The van der Waals surface area contributed by atoms with Crippen LogP contribution in [0.4, 0.5) is 5.69 Å². The molecule has 1 aromatic rings. The van der Waals surface area contributed by atoms with Crippen molar-refractivity contribution in [2.24, 2.45) is 0 Å². The first-order chi connectivity index (χ1) is 8.25. The van der Waals surface area contributed by atoms with E-state index in [0.717, 1.165) is 0 Å². The number of rotatable bonds is 5. The molecule has 0 amide bonds. The van der Waals surface area contributed by atoms with Crippen LogP contribution in [-0.4, -0.2) is 37.5 Å². The molecule has 0 aromatic heterocycles. The summed E-state index contributed by atoms with van der Waals surface area (Å²) in [6.07, 6.45) is -0.170. The fourth-order valence-electron chi connectivity index (χ4n) is 1.35. The third kappa shape index (κ3) is 3.58. The summed E-state index contributed by atoms with van der Waals surface area (Å²) >= 11 is 5.75. The topological polar surface area (TPSA) is 83.6 Å². The molecule has 102 valence electrons. The third-order valence-electron chi connectivity index (χ3n) is 2.54. The monoisotopic (exact) mass is 292 g/mol. The van der Waals surface area contributed by atoms with Crippen LogP contribution in [0.1, 0.15) is 13.3 Å². The predicted octanol–water partition coefficient (Wildman–Crippen LogP) is 1.31. The molecule has 3 N–H and O–H groups in total. The summed E-state index contributed by atoms with van der Waals surface area (Å²) in [6.45, 7) is 1.85. The lowest BCUT2D eigenvalue weighted by molar-refractivity contribution is 0.177. The molecule has 1 rings (SSSR count). The van der Waals surface area contributed by atoms with Crippen LogP contribution in [0.5, 0.6) is 0 Å². The molecule has 0 heterocycles. The van der Waals surface area contributed by atoms with Gasteiger partial charge in [0.05, 0.1) is 21.7 Å². The van der Waals surface area contributed by atoms with E-state index >= 15 is 0 Å². The Morgan fingerprint density at radius 2 is 2.11 bits per heavy atom. The summed E-state index contributed by atoms with van der Waals surface area (Å²) < 4.78 is 25.5. The van der Waals surface area contributed by atoms with Gasteiger partial charge in [-0.3, -0.25) is 0 Å². The van der Waals surface area contributed by atoms with Gasteiger partial charge in [-0.15, -0.1) is 0 Å². The minimum absolute atomic E-state index is 0.0949. The summed E-state index contributed by atoms with van der Waals surface area (Å²) in [7, 11) is -2.13. The summed E-state index contributed by atoms with van der Waals surface area (Å²) in [5.74, 6) is 0. The summed E-state index contributed by atoms with van der Waals surface area (Å²) in [5.41, 5.74) is 5.81. The number of hydrogen-bond donors (Lipinski definition) is 2. The molecule has 0 aliphatic carbocycles. The van der Waals surface area contributed by atoms with Gasteiger partial charge in [-0.05, 0) is 31.5 Å². The molecule has 1 unspecified atom stereocenters. The van der Waals surface area contributed by atoms with Gasteiger partial charge in [0.15, 0.2) is 0 Å². The first-order valence-electron chi connectivity index (χ1n) is 5.44. The van der Waals surface area contributed by atoms with E-state index in [-0.39, 0.29) is 17.1 Å². The average molecular weight is 293 g/mol. The molecule has 0 fully saturated rings. The van der Waals surface area contributed by atoms with Crippen LogP contribution in [0.15, 0.2) is 23.1 Å². The third-order valence-corrected chi connectivity index (χ3v) is 4.73. The second-order valence-corrected chi connectivity index (χ2v) is 6.60. The van der Waals surface area contributed by atoms with E-state index in [4.69, 9.17) is 22.4 Å². The Bertz CT molecular complexity index is 517. The van der Waals surface area contributed by atoms with Gasteiger partial charge in [0, 0.05) is 13.6 Å². The number of nitrogens with two attached hydrogens (primary N) is 1. The van der Waals surface area contributed by atoms with Crippen LogP contribution in [0.25, 0.3) is 0 Å². The fraction of sp³-hybridized carbons (Fsp3) is 0.455. The second kappa shape index (κ2) is 5.88. The Kier molecular flexibility index (Phi) is 4.98. The number of hydrogen-bond acceptors (Lipinski definition) is 4. The lowest BCUT2D eigenvalue weighted by Crippen LogP contribution is -2.29. The number of nitrogens with zero attached hydrogens (tertiary/aromatic N) is 1. The molecule has 0 aliphatic heterocycles. The van der Waals surface area contributed by atoms with Crippen LogP contribution in [0.2, 0.25) is 5.02 Å². The normalized spacial score (nSPS) is 13.8. The Labute approximate surface area is 112 Å². The number of sulfonamides is 1. The maximum Gasteiger partial charge on any atom is 0.242 e. The van der Waals surface area contributed by atoms with Crippen LogP contribution in [0.3, 0.4) is 0 Å². The molecule has 0 radical (unpaired) electrons. The van der Waals surface area contributed by atoms with Crippen molar-refractivity contribution in [1.29, 1.82) is 0 Å².